The highest BCUT2D eigenvalue weighted by Gasteiger charge is 2.44. The highest BCUT2D eigenvalue weighted by atomic mass is 32.1. The molecule has 1 rings (SSSR count). The van der Waals surface area contributed by atoms with Crippen LogP contribution >= 0.6 is 12.6 Å². The van der Waals surface area contributed by atoms with Crippen molar-refractivity contribution in [1.29, 1.82) is 0 Å². The van der Waals surface area contributed by atoms with E-state index in [1.165, 1.54) is 6.07 Å². The van der Waals surface area contributed by atoms with E-state index in [1.807, 2.05) is 0 Å². The van der Waals surface area contributed by atoms with E-state index in [1.54, 1.807) is 5.32 Å². The Morgan fingerprint density at radius 2 is 1.83 bits per heavy atom. The van der Waals surface area contributed by atoms with Crippen molar-refractivity contribution in [1.82, 2.24) is 5.32 Å². The number of thiol groups is 1. The normalized spacial score (nSPS) is 14.1. The van der Waals surface area contributed by atoms with Crippen molar-refractivity contribution >= 4 is 24.5 Å². The average Bonchev–Trinajstić information content (AvgIpc) is 2.41. The van der Waals surface area contributed by atoms with E-state index in [0.717, 1.165) is 12.1 Å². The molecule has 0 bridgehead atoms. The van der Waals surface area contributed by atoms with E-state index in [4.69, 9.17) is 10.2 Å². The number of carbonyl (C=O) groups is 2. The summed E-state index contributed by atoms with van der Waals surface area (Å²) in [4.78, 5) is 22.7. The van der Waals surface area contributed by atoms with Crippen molar-refractivity contribution in [2.75, 3.05) is 5.75 Å². The Morgan fingerprint density at radius 3 is 2.26 bits per heavy atom. The maximum Gasteiger partial charge on any atom is 0.401 e. The molecule has 128 valence electrons. The van der Waals surface area contributed by atoms with E-state index < -0.39 is 47.3 Å². The summed E-state index contributed by atoms with van der Waals surface area (Å²) in [6.45, 7) is 0. The van der Waals surface area contributed by atoms with Gasteiger partial charge in [0, 0.05) is 12.2 Å². The van der Waals surface area contributed by atoms with Crippen LogP contribution in [0.15, 0.2) is 18.2 Å². The van der Waals surface area contributed by atoms with Crippen molar-refractivity contribution < 1.29 is 38.1 Å². The van der Waals surface area contributed by atoms with Crippen LogP contribution in [0, 0.1) is 5.92 Å². The Labute approximate surface area is 134 Å². The van der Waals surface area contributed by atoms with E-state index in [2.05, 4.69) is 12.6 Å². The van der Waals surface area contributed by atoms with Crippen molar-refractivity contribution in [2.24, 2.45) is 5.92 Å². The van der Waals surface area contributed by atoms with Gasteiger partial charge in [-0.25, -0.2) is 4.79 Å². The second kappa shape index (κ2) is 7.44. The number of phenols is 2. The summed E-state index contributed by atoms with van der Waals surface area (Å²) in [5.41, 5.74) is 0.211. The SMILES string of the molecule is O=C(O)[C@H](Cc1ccc(O)c(O)c1)NC(=O)[C@@H](CS)C(F)(F)F. The topological polar surface area (TPSA) is 107 Å². The fourth-order valence-electron chi connectivity index (χ4n) is 1.74. The first kappa shape index (κ1) is 18.9. The maximum atomic E-state index is 12.6. The van der Waals surface area contributed by atoms with E-state index in [9.17, 15) is 27.9 Å². The molecule has 0 saturated heterocycles. The molecule has 0 aliphatic rings. The van der Waals surface area contributed by atoms with Crippen LogP contribution in [-0.4, -0.2) is 45.2 Å². The first-order valence-electron chi connectivity index (χ1n) is 6.28. The fourth-order valence-corrected chi connectivity index (χ4v) is 2.11. The lowest BCUT2D eigenvalue weighted by atomic mass is 10.0. The van der Waals surface area contributed by atoms with Gasteiger partial charge in [0.15, 0.2) is 11.5 Å². The van der Waals surface area contributed by atoms with Crippen molar-refractivity contribution in [3.05, 3.63) is 23.8 Å². The summed E-state index contributed by atoms with van der Waals surface area (Å²) in [5, 5.41) is 29.3. The zero-order valence-electron chi connectivity index (χ0n) is 11.5. The molecular weight excluding hydrogens is 339 g/mol. The quantitative estimate of drug-likeness (QED) is 0.392. The number of carbonyl (C=O) groups excluding carboxylic acids is 1. The van der Waals surface area contributed by atoms with Gasteiger partial charge in [0.25, 0.3) is 0 Å². The molecule has 1 amide bonds. The molecule has 0 fully saturated rings. The molecule has 10 heteroatoms. The van der Waals surface area contributed by atoms with Crippen molar-refractivity contribution in [3.8, 4) is 11.5 Å². The lowest BCUT2D eigenvalue weighted by molar-refractivity contribution is -0.178. The third-order valence-electron chi connectivity index (χ3n) is 2.99. The molecule has 0 aliphatic heterocycles. The number of hydrogen-bond donors (Lipinski definition) is 5. The van der Waals surface area contributed by atoms with Gasteiger partial charge in [0.2, 0.25) is 5.91 Å². The van der Waals surface area contributed by atoms with Crippen molar-refractivity contribution in [2.45, 2.75) is 18.6 Å². The third-order valence-corrected chi connectivity index (χ3v) is 3.35. The lowest BCUT2D eigenvalue weighted by Gasteiger charge is -2.21. The maximum absolute atomic E-state index is 12.6. The van der Waals surface area contributed by atoms with Gasteiger partial charge in [0.05, 0.1) is 0 Å². The summed E-state index contributed by atoms with van der Waals surface area (Å²) in [7, 11) is 0. The van der Waals surface area contributed by atoms with Crippen LogP contribution in [0.3, 0.4) is 0 Å². The number of carboxylic acids is 1. The Balaban J connectivity index is 2.89. The monoisotopic (exact) mass is 353 g/mol. The first-order chi connectivity index (χ1) is 10.6. The molecule has 0 aromatic heterocycles. The van der Waals surface area contributed by atoms with Crippen LogP contribution in [0.4, 0.5) is 13.2 Å². The van der Waals surface area contributed by atoms with Crippen LogP contribution in [0.1, 0.15) is 5.56 Å². The molecular formula is C13H14F3NO5S. The minimum absolute atomic E-state index is 0.211. The van der Waals surface area contributed by atoms with Gasteiger partial charge in [0.1, 0.15) is 12.0 Å². The number of alkyl halides is 3. The molecule has 0 radical (unpaired) electrons. The molecule has 4 N–H and O–H groups in total. The first-order valence-corrected chi connectivity index (χ1v) is 6.91. The second-order valence-electron chi connectivity index (χ2n) is 4.70. The number of aliphatic carboxylic acids is 1. The Morgan fingerprint density at radius 1 is 1.22 bits per heavy atom. The number of nitrogens with one attached hydrogen (secondary N) is 1. The van der Waals surface area contributed by atoms with Crippen LogP contribution in [0.5, 0.6) is 11.5 Å². The van der Waals surface area contributed by atoms with Crippen LogP contribution in [-0.2, 0) is 16.0 Å². The summed E-state index contributed by atoms with van der Waals surface area (Å²) in [6.07, 6.45) is -5.21. The van der Waals surface area contributed by atoms with Gasteiger partial charge in [-0.05, 0) is 17.7 Å². The Hall–Kier alpha value is -2.10. The second-order valence-corrected chi connectivity index (χ2v) is 5.07. The van der Waals surface area contributed by atoms with Crippen LogP contribution in [0.2, 0.25) is 0 Å². The third kappa shape index (κ3) is 5.23. The number of carboxylic acid groups (broad SMARTS) is 1. The zero-order chi connectivity index (χ0) is 17.8. The molecule has 0 heterocycles. The fraction of sp³-hybridized carbons (Fsp3) is 0.385. The average molecular weight is 353 g/mol. The van der Waals surface area contributed by atoms with E-state index >= 15 is 0 Å². The van der Waals surface area contributed by atoms with Gasteiger partial charge in [-0.2, -0.15) is 25.8 Å². The van der Waals surface area contributed by atoms with E-state index in [-0.39, 0.29) is 12.0 Å². The number of rotatable bonds is 6. The Bertz CT molecular complexity index is 593. The van der Waals surface area contributed by atoms with Gasteiger partial charge in [-0.15, -0.1) is 0 Å². The summed E-state index contributed by atoms with van der Waals surface area (Å²) >= 11 is 3.46. The molecule has 0 saturated carbocycles. The predicted molar refractivity (Wildman–Crippen MR) is 76.4 cm³/mol. The summed E-state index contributed by atoms with van der Waals surface area (Å²) in [5.74, 6) is -7.23. The van der Waals surface area contributed by atoms with E-state index in [0.29, 0.717) is 0 Å². The molecule has 23 heavy (non-hydrogen) atoms. The predicted octanol–water partition coefficient (Wildman–Crippen LogP) is 1.32. The molecule has 2 atom stereocenters. The molecule has 0 unspecified atom stereocenters. The lowest BCUT2D eigenvalue weighted by Crippen LogP contribution is -2.48. The molecule has 1 aromatic carbocycles. The number of amides is 1. The van der Waals surface area contributed by atoms with Crippen LogP contribution < -0.4 is 5.32 Å². The Kier molecular flexibility index (Phi) is 6.13. The minimum atomic E-state index is -4.84. The van der Waals surface area contributed by atoms with Crippen LogP contribution in [0.25, 0.3) is 0 Å². The highest BCUT2D eigenvalue weighted by molar-refractivity contribution is 7.80. The largest absolute Gasteiger partial charge is 0.504 e. The number of halogens is 3. The number of benzene rings is 1. The molecule has 1 aromatic rings. The molecule has 0 spiro atoms. The summed E-state index contributed by atoms with van der Waals surface area (Å²) < 4.78 is 37.9. The smallest absolute Gasteiger partial charge is 0.401 e. The zero-order valence-corrected chi connectivity index (χ0v) is 12.4. The van der Waals surface area contributed by atoms with Crippen molar-refractivity contribution in [3.63, 3.8) is 0 Å². The van der Waals surface area contributed by atoms with Gasteiger partial charge < -0.3 is 20.6 Å². The number of phenolic OH excluding ortho intramolecular Hbond substituents is 2. The standard InChI is InChI=1S/C13H14F3NO5S/c14-13(15,16)7(5-23)11(20)17-8(12(21)22)3-6-1-2-9(18)10(19)4-6/h1-2,4,7-8,18-19,23H,3,5H2,(H,17,20)(H,21,22)/t7-,8+/m1/s1. The van der Waals surface area contributed by atoms with Gasteiger partial charge in [-0.1, -0.05) is 6.07 Å². The minimum Gasteiger partial charge on any atom is -0.504 e. The number of hydrogen-bond acceptors (Lipinski definition) is 5. The number of aromatic hydroxyl groups is 2. The molecule has 6 nitrogen and oxygen atoms in total. The highest BCUT2D eigenvalue weighted by Crippen LogP contribution is 2.28. The molecule has 0 aliphatic carbocycles. The van der Waals surface area contributed by atoms with Gasteiger partial charge >= 0.3 is 12.1 Å². The van der Waals surface area contributed by atoms with Gasteiger partial charge in [-0.3, -0.25) is 4.79 Å². The summed E-state index contributed by atoms with van der Waals surface area (Å²) in [6, 6.07) is 1.79.